The molecule has 1 unspecified atom stereocenters. The second kappa shape index (κ2) is 7.57. The Morgan fingerprint density at radius 3 is 2.71 bits per heavy atom. The van der Waals surface area contributed by atoms with Crippen LogP contribution in [0.15, 0.2) is 6.20 Å². The zero-order valence-corrected chi connectivity index (χ0v) is 15.2. The fourth-order valence-corrected chi connectivity index (χ4v) is 3.48. The van der Waals surface area contributed by atoms with Crippen LogP contribution in [0.4, 0.5) is 0 Å². The maximum absolute atomic E-state index is 12.6. The van der Waals surface area contributed by atoms with Crippen LogP contribution in [0.25, 0.3) is 0 Å². The van der Waals surface area contributed by atoms with Gasteiger partial charge in [0, 0.05) is 63.4 Å². The Labute approximate surface area is 144 Å². The lowest BCUT2D eigenvalue weighted by Gasteiger charge is -2.36. The van der Waals surface area contributed by atoms with E-state index in [-0.39, 0.29) is 5.91 Å². The van der Waals surface area contributed by atoms with Crippen molar-refractivity contribution in [3.8, 4) is 0 Å². The summed E-state index contributed by atoms with van der Waals surface area (Å²) in [5.41, 5.74) is 2.13. The van der Waals surface area contributed by atoms with Crippen molar-refractivity contribution in [1.29, 1.82) is 0 Å². The number of piperazine rings is 1. The summed E-state index contributed by atoms with van der Waals surface area (Å²) in [6.45, 7) is 10.1. The first-order chi connectivity index (χ1) is 11.6. The second-order valence-corrected chi connectivity index (χ2v) is 7.09. The van der Waals surface area contributed by atoms with Gasteiger partial charge in [-0.15, -0.1) is 0 Å². The summed E-state index contributed by atoms with van der Waals surface area (Å²) in [6, 6.07) is 0.471. The molecule has 0 aliphatic carbocycles. The van der Waals surface area contributed by atoms with Gasteiger partial charge in [0.1, 0.15) is 5.82 Å². The number of amides is 1. The molecule has 1 aromatic heterocycles. The fraction of sp³-hybridized carbons (Fsp3) is 0.722. The molecule has 0 bridgehead atoms. The summed E-state index contributed by atoms with van der Waals surface area (Å²) in [7, 11) is 2.17. The Morgan fingerprint density at radius 2 is 2.00 bits per heavy atom. The summed E-state index contributed by atoms with van der Waals surface area (Å²) in [4.78, 5) is 28.3. The van der Waals surface area contributed by atoms with E-state index < -0.39 is 0 Å². The van der Waals surface area contributed by atoms with E-state index in [1.165, 1.54) is 0 Å². The van der Waals surface area contributed by atoms with Crippen molar-refractivity contribution >= 4 is 5.91 Å². The zero-order valence-electron chi connectivity index (χ0n) is 15.2. The molecule has 1 atom stereocenters. The van der Waals surface area contributed by atoms with Gasteiger partial charge >= 0.3 is 0 Å². The average molecular weight is 331 g/mol. The predicted molar refractivity (Wildman–Crippen MR) is 93.4 cm³/mol. The minimum Gasteiger partial charge on any atom is -0.332 e. The van der Waals surface area contributed by atoms with Crippen molar-refractivity contribution in [3.05, 3.63) is 23.3 Å². The van der Waals surface area contributed by atoms with Gasteiger partial charge in [0.2, 0.25) is 5.91 Å². The van der Waals surface area contributed by atoms with Crippen LogP contribution in [-0.4, -0.2) is 69.8 Å². The molecule has 6 nitrogen and oxygen atoms in total. The van der Waals surface area contributed by atoms with Gasteiger partial charge in [-0.1, -0.05) is 6.92 Å². The zero-order chi connectivity index (χ0) is 17.1. The van der Waals surface area contributed by atoms with Crippen LogP contribution >= 0.6 is 0 Å². The Kier molecular flexibility index (Phi) is 5.46. The summed E-state index contributed by atoms with van der Waals surface area (Å²) in [6.07, 6.45) is 4.28. The highest BCUT2D eigenvalue weighted by molar-refractivity contribution is 5.76. The normalized spacial score (nSPS) is 20.2. The van der Waals surface area contributed by atoms with E-state index in [1.54, 1.807) is 0 Å². The number of aromatic nitrogens is 2. The molecule has 3 rings (SSSR count). The van der Waals surface area contributed by atoms with Crippen LogP contribution in [0.2, 0.25) is 0 Å². The van der Waals surface area contributed by atoms with E-state index in [2.05, 4.69) is 40.7 Å². The second-order valence-electron chi connectivity index (χ2n) is 7.09. The summed E-state index contributed by atoms with van der Waals surface area (Å²) in [5.74, 6) is 1.11. The summed E-state index contributed by atoms with van der Waals surface area (Å²) >= 11 is 0. The van der Waals surface area contributed by atoms with E-state index in [1.807, 2.05) is 11.1 Å². The van der Waals surface area contributed by atoms with Crippen LogP contribution in [0.3, 0.4) is 0 Å². The third-order valence-electron chi connectivity index (χ3n) is 5.31. The van der Waals surface area contributed by atoms with Gasteiger partial charge in [0.15, 0.2) is 0 Å². The molecule has 1 aromatic rings. The van der Waals surface area contributed by atoms with Crippen molar-refractivity contribution in [3.63, 3.8) is 0 Å². The first-order valence-corrected chi connectivity index (χ1v) is 9.11. The largest absolute Gasteiger partial charge is 0.332 e. The molecule has 0 radical (unpaired) electrons. The summed E-state index contributed by atoms with van der Waals surface area (Å²) in [5, 5.41) is 0. The summed E-state index contributed by atoms with van der Waals surface area (Å²) < 4.78 is 0. The molecule has 1 saturated heterocycles. The quantitative estimate of drug-likeness (QED) is 0.814. The maximum atomic E-state index is 12.6. The lowest BCUT2D eigenvalue weighted by molar-refractivity contribution is -0.132. The maximum Gasteiger partial charge on any atom is 0.223 e. The molecule has 0 aromatic carbocycles. The number of nitrogens with zero attached hydrogens (tertiary/aromatic N) is 5. The Morgan fingerprint density at radius 1 is 1.25 bits per heavy atom. The molecule has 0 N–H and O–H groups in total. The van der Waals surface area contributed by atoms with Gasteiger partial charge in [-0.05, 0) is 20.4 Å². The topological polar surface area (TPSA) is 52.6 Å². The molecule has 132 valence electrons. The lowest BCUT2D eigenvalue weighted by atomic mass is 10.1. The minimum absolute atomic E-state index is 0.243. The van der Waals surface area contributed by atoms with Crippen molar-refractivity contribution < 1.29 is 4.79 Å². The molecule has 0 spiro atoms. The van der Waals surface area contributed by atoms with Crippen molar-refractivity contribution in [2.75, 3.05) is 33.2 Å². The monoisotopic (exact) mass is 331 g/mol. The SMILES string of the molecule is CCc1ncc2c(n1)CN(C(=O)CCC(C)N1CCN(C)CC1)C2. The lowest BCUT2D eigenvalue weighted by Crippen LogP contribution is -2.48. The Balaban J connectivity index is 1.48. The third-order valence-corrected chi connectivity index (χ3v) is 5.31. The van der Waals surface area contributed by atoms with Gasteiger partial charge in [-0.3, -0.25) is 9.69 Å². The first-order valence-electron chi connectivity index (χ1n) is 9.11. The molecule has 0 saturated carbocycles. The van der Waals surface area contributed by atoms with E-state index >= 15 is 0 Å². The van der Waals surface area contributed by atoms with Crippen LogP contribution in [0.1, 0.15) is 43.8 Å². The van der Waals surface area contributed by atoms with Gasteiger partial charge in [0.25, 0.3) is 0 Å². The van der Waals surface area contributed by atoms with E-state index in [4.69, 9.17) is 0 Å². The fourth-order valence-electron chi connectivity index (χ4n) is 3.48. The minimum atomic E-state index is 0.243. The molecule has 3 heterocycles. The van der Waals surface area contributed by atoms with Crippen LogP contribution < -0.4 is 0 Å². The van der Waals surface area contributed by atoms with Crippen LogP contribution in [0.5, 0.6) is 0 Å². The number of carbonyl (C=O) groups excluding carboxylic acids is 1. The molecular weight excluding hydrogens is 302 g/mol. The highest BCUT2D eigenvalue weighted by Gasteiger charge is 2.26. The molecule has 1 fully saturated rings. The predicted octanol–water partition coefficient (Wildman–Crippen LogP) is 1.30. The van der Waals surface area contributed by atoms with E-state index in [0.29, 0.717) is 25.6 Å². The number of likely N-dealkylation sites (N-methyl/N-ethyl adjacent to an activating group) is 1. The molecule has 6 heteroatoms. The molecule has 2 aliphatic rings. The number of hydrogen-bond acceptors (Lipinski definition) is 5. The van der Waals surface area contributed by atoms with E-state index in [9.17, 15) is 4.79 Å². The van der Waals surface area contributed by atoms with E-state index in [0.717, 1.165) is 56.1 Å². The Bertz CT molecular complexity index is 583. The van der Waals surface area contributed by atoms with Crippen molar-refractivity contribution in [2.24, 2.45) is 0 Å². The van der Waals surface area contributed by atoms with Gasteiger partial charge < -0.3 is 9.80 Å². The van der Waals surface area contributed by atoms with Gasteiger partial charge in [0.05, 0.1) is 12.2 Å². The van der Waals surface area contributed by atoms with Crippen LogP contribution in [-0.2, 0) is 24.3 Å². The highest BCUT2D eigenvalue weighted by Crippen LogP contribution is 2.22. The number of carbonyl (C=O) groups is 1. The Hall–Kier alpha value is -1.53. The van der Waals surface area contributed by atoms with Crippen LogP contribution in [0, 0.1) is 0 Å². The molecular formula is C18H29N5O. The standard InChI is InChI=1S/C18H29N5O/c1-4-17-19-11-15-12-23(13-16(15)20-17)18(24)6-5-14(2)22-9-7-21(3)8-10-22/h11,14H,4-10,12-13H2,1-3H3. The number of aryl methyl sites for hydroxylation is 1. The number of rotatable bonds is 5. The number of fused-ring (bicyclic) bond motifs is 1. The van der Waals surface area contributed by atoms with Gasteiger partial charge in [-0.2, -0.15) is 0 Å². The third kappa shape index (κ3) is 3.92. The highest BCUT2D eigenvalue weighted by atomic mass is 16.2. The van der Waals surface area contributed by atoms with Gasteiger partial charge in [-0.25, -0.2) is 9.97 Å². The molecule has 2 aliphatic heterocycles. The number of hydrogen-bond donors (Lipinski definition) is 0. The molecule has 24 heavy (non-hydrogen) atoms. The first kappa shape index (κ1) is 17.3. The molecule has 1 amide bonds. The van der Waals surface area contributed by atoms with Crippen molar-refractivity contribution in [2.45, 2.75) is 52.2 Å². The smallest absolute Gasteiger partial charge is 0.223 e. The average Bonchev–Trinajstić information content (AvgIpc) is 3.03. The van der Waals surface area contributed by atoms with Crippen molar-refractivity contribution in [1.82, 2.24) is 24.7 Å².